The fraction of sp³-hybridized carbons (Fsp3) is 0.190. The van der Waals surface area contributed by atoms with Crippen molar-refractivity contribution >= 4 is 28.3 Å². The number of anilines is 1. The first-order valence-corrected chi connectivity index (χ1v) is 9.57. The molecule has 0 fully saturated rings. The molecule has 3 aromatic rings. The lowest BCUT2D eigenvalue weighted by Gasteiger charge is -2.05. The average Bonchev–Trinajstić information content (AvgIpc) is 3.08. The summed E-state index contributed by atoms with van der Waals surface area (Å²) in [5.74, 6) is -0.214. The van der Waals surface area contributed by atoms with Gasteiger partial charge in [0.2, 0.25) is 11.8 Å². The molecule has 3 rings (SSSR count). The number of carbonyl (C=O) groups excluding carboxylic acids is 2. The number of rotatable bonds is 7. The quantitative estimate of drug-likeness (QED) is 0.660. The summed E-state index contributed by atoms with van der Waals surface area (Å²) in [5.41, 5.74) is 3.84. The molecule has 6 heteroatoms. The molecule has 0 saturated heterocycles. The van der Waals surface area contributed by atoms with Crippen molar-refractivity contribution in [1.82, 2.24) is 10.3 Å². The first-order chi connectivity index (χ1) is 13.1. The number of aromatic nitrogens is 1. The zero-order valence-electron chi connectivity index (χ0n) is 15.1. The maximum Gasteiger partial charge on any atom is 0.230 e. The third-order valence-corrected chi connectivity index (χ3v) is 4.76. The SMILES string of the molecule is Cc1ccc(CNC(=O)Cc2csc(NC(=O)Cc3ccccc3)n2)cc1. The summed E-state index contributed by atoms with van der Waals surface area (Å²) in [6.07, 6.45) is 0.490. The summed E-state index contributed by atoms with van der Waals surface area (Å²) >= 11 is 1.32. The number of benzene rings is 2. The van der Waals surface area contributed by atoms with Crippen LogP contribution in [0.3, 0.4) is 0 Å². The molecule has 0 atom stereocenters. The van der Waals surface area contributed by atoms with Crippen molar-refractivity contribution in [3.63, 3.8) is 0 Å². The Balaban J connectivity index is 1.46. The summed E-state index contributed by atoms with van der Waals surface area (Å²) in [6, 6.07) is 17.6. The second-order valence-electron chi connectivity index (χ2n) is 6.29. The standard InChI is InChI=1S/C21H21N3O2S/c1-15-7-9-17(10-8-15)13-22-19(25)12-18-14-27-21(23-18)24-20(26)11-16-5-3-2-4-6-16/h2-10,14H,11-13H2,1H3,(H,22,25)(H,23,24,26). The van der Waals surface area contributed by atoms with E-state index in [-0.39, 0.29) is 18.2 Å². The van der Waals surface area contributed by atoms with Gasteiger partial charge in [0, 0.05) is 11.9 Å². The Morgan fingerprint density at radius 2 is 1.67 bits per heavy atom. The lowest BCUT2D eigenvalue weighted by atomic mass is 10.1. The van der Waals surface area contributed by atoms with Gasteiger partial charge in [-0.2, -0.15) is 0 Å². The summed E-state index contributed by atoms with van der Waals surface area (Å²) in [5, 5.41) is 7.98. The van der Waals surface area contributed by atoms with Crippen molar-refractivity contribution in [2.24, 2.45) is 0 Å². The highest BCUT2D eigenvalue weighted by atomic mass is 32.1. The van der Waals surface area contributed by atoms with Gasteiger partial charge in [-0.1, -0.05) is 60.2 Å². The lowest BCUT2D eigenvalue weighted by molar-refractivity contribution is -0.120. The summed E-state index contributed by atoms with van der Waals surface area (Å²) in [6.45, 7) is 2.52. The number of thiazole rings is 1. The molecule has 0 aliphatic heterocycles. The molecule has 2 aromatic carbocycles. The van der Waals surface area contributed by atoms with Crippen LogP contribution < -0.4 is 10.6 Å². The normalized spacial score (nSPS) is 10.4. The third kappa shape index (κ3) is 6.04. The summed E-state index contributed by atoms with van der Waals surface area (Å²) in [7, 11) is 0. The van der Waals surface area contributed by atoms with E-state index in [1.165, 1.54) is 16.9 Å². The molecule has 1 heterocycles. The van der Waals surface area contributed by atoms with Gasteiger partial charge in [-0.25, -0.2) is 4.98 Å². The maximum absolute atomic E-state index is 12.1. The number of carbonyl (C=O) groups is 2. The van der Waals surface area contributed by atoms with Crippen molar-refractivity contribution in [3.8, 4) is 0 Å². The van der Waals surface area contributed by atoms with Crippen LogP contribution in [0.15, 0.2) is 60.0 Å². The van der Waals surface area contributed by atoms with Crippen LogP contribution in [0.25, 0.3) is 0 Å². The topological polar surface area (TPSA) is 71.1 Å². The molecule has 0 saturated carbocycles. The van der Waals surface area contributed by atoms with Crippen molar-refractivity contribution in [1.29, 1.82) is 0 Å². The Hall–Kier alpha value is -2.99. The van der Waals surface area contributed by atoms with Crippen LogP contribution in [-0.4, -0.2) is 16.8 Å². The smallest absolute Gasteiger partial charge is 0.230 e. The fourth-order valence-electron chi connectivity index (χ4n) is 2.52. The summed E-state index contributed by atoms with van der Waals surface area (Å²) in [4.78, 5) is 28.5. The Morgan fingerprint density at radius 1 is 0.926 bits per heavy atom. The van der Waals surface area contributed by atoms with Gasteiger partial charge in [0.15, 0.2) is 5.13 Å². The highest BCUT2D eigenvalue weighted by molar-refractivity contribution is 7.13. The number of hydrogen-bond donors (Lipinski definition) is 2. The molecule has 0 unspecified atom stereocenters. The van der Waals surface area contributed by atoms with Gasteiger partial charge in [0.25, 0.3) is 0 Å². The second-order valence-corrected chi connectivity index (χ2v) is 7.15. The van der Waals surface area contributed by atoms with Crippen LogP contribution in [0.2, 0.25) is 0 Å². The predicted octanol–water partition coefficient (Wildman–Crippen LogP) is 3.49. The maximum atomic E-state index is 12.1. The van der Waals surface area contributed by atoms with E-state index < -0.39 is 0 Å². The van der Waals surface area contributed by atoms with E-state index in [2.05, 4.69) is 15.6 Å². The molecule has 0 aliphatic carbocycles. The highest BCUT2D eigenvalue weighted by Gasteiger charge is 2.10. The molecule has 0 bridgehead atoms. The highest BCUT2D eigenvalue weighted by Crippen LogP contribution is 2.16. The molecule has 27 heavy (non-hydrogen) atoms. The van der Waals surface area contributed by atoms with Crippen LogP contribution >= 0.6 is 11.3 Å². The molecule has 2 amide bonds. The largest absolute Gasteiger partial charge is 0.352 e. The molecule has 0 aliphatic rings. The van der Waals surface area contributed by atoms with E-state index in [9.17, 15) is 9.59 Å². The van der Waals surface area contributed by atoms with Crippen molar-refractivity contribution in [2.45, 2.75) is 26.3 Å². The molecular weight excluding hydrogens is 358 g/mol. The zero-order valence-corrected chi connectivity index (χ0v) is 15.9. The minimum absolute atomic E-state index is 0.0944. The Kier molecular flexibility index (Phi) is 6.33. The van der Waals surface area contributed by atoms with Gasteiger partial charge < -0.3 is 10.6 Å². The first-order valence-electron chi connectivity index (χ1n) is 8.69. The van der Waals surface area contributed by atoms with Crippen LogP contribution in [0.5, 0.6) is 0 Å². The number of amides is 2. The van der Waals surface area contributed by atoms with Gasteiger partial charge in [-0.05, 0) is 18.1 Å². The fourth-order valence-corrected chi connectivity index (χ4v) is 3.25. The third-order valence-electron chi connectivity index (χ3n) is 3.96. The van der Waals surface area contributed by atoms with Gasteiger partial charge in [-0.3, -0.25) is 9.59 Å². The van der Waals surface area contributed by atoms with Gasteiger partial charge in [0.1, 0.15) is 0 Å². The zero-order chi connectivity index (χ0) is 19.1. The molecule has 0 spiro atoms. The van der Waals surface area contributed by atoms with E-state index in [1.54, 1.807) is 5.38 Å². The summed E-state index contributed by atoms with van der Waals surface area (Å²) < 4.78 is 0. The monoisotopic (exact) mass is 379 g/mol. The van der Waals surface area contributed by atoms with E-state index in [4.69, 9.17) is 0 Å². The van der Waals surface area contributed by atoms with E-state index in [1.807, 2.05) is 61.5 Å². The van der Waals surface area contributed by atoms with E-state index in [0.717, 1.165) is 11.1 Å². The first kappa shape index (κ1) is 18.8. The van der Waals surface area contributed by atoms with Crippen LogP contribution in [0.1, 0.15) is 22.4 Å². The second kappa shape index (κ2) is 9.09. The predicted molar refractivity (Wildman–Crippen MR) is 108 cm³/mol. The number of nitrogens with one attached hydrogen (secondary N) is 2. The van der Waals surface area contributed by atoms with Crippen molar-refractivity contribution in [2.75, 3.05) is 5.32 Å². The van der Waals surface area contributed by atoms with Crippen LogP contribution in [0.4, 0.5) is 5.13 Å². The van der Waals surface area contributed by atoms with Crippen LogP contribution in [0, 0.1) is 6.92 Å². The van der Waals surface area contributed by atoms with Gasteiger partial charge >= 0.3 is 0 Å². The lowest BCUT2D eigenvalue weighted by Crippen LogP contribution is -2.24. The molecule has 5 nitrogen and oxygen atoms in total. The Labute approximate surface area is 162 Å². The Bertz CT molecular complexity index is 905. The number of nitrogens with zero attached hydrogens (tertiary/aromatic N) is 1. The number of hydrogen-bond acceptors (Lipinski definition) is 4. The average molecular weight is 379 g/mol. The minimum Gasteiger partial charge on any atom is -0.352 e. The molecule has 138 valence electrons. The van der Waals surface area contributed by atoms with E-state index >= 15 is 0 Å². The van der Waals surface area contributed by atoms with Gasteiger partial charge in [0.05, 0.1) is 18.5 Å². The number of aryl methyl sites for hydroxylation is 1. The minimum atomic E-state index is -0.120. The Morgan fingerprint density at radius 3 is 2.41 bits per heavy atom. The van der Waals surface area contributed by atoms with Crippen molar-refractivity contribution < 1.29 is 9.59 Å². The molecular formula is C21H21N3O2S. The molecule has 2 N–H and O–H groups in total. The van der Waals surface area contributed by atoms with Gasteiger partial charge in [-0.15, -0.1) is 11.3 Å². The molecule has 1 aromatic heterocycles. The van der Waals surface area contributed by atoms with Crippen LogP contribution in [-0.2, 0) is 29.0 Å². The van der Waals surface area contributed by atoms with E-state index in [0.29, 0.717) is 23.8 Å². The molecule has 0 radical (unpaired) electrons. The van der Waals surface area contributed by atoms with Crippen molar-refractivity contribution in [3.05, 3.63) is 82.4 Å².